The van der Waals surface area contributed by atoms with Crippen molar-refractivity contribution in [1.29, 1.82) is 0 Å². The second kappa shape index (κ2) is 5.78. The smallest absolute Gasteiger partial charge is 0.145 e. The molecule has 0 saturated heterocycles. The fourth-order valence-corrected chi connectivity index (χ4v) is 1.81. The predicted octanol–water partition coefficient (Wildman–Crippen LogP) is 4.26. The van der Waals surface area contributed by atoms with Crippen LogP contribution >= 0.6 is 15.9 Å². The van der Waals surface area contributed by atoms with Crippen molar-refractivity contribution < 1.29 is 14.2 Å². The molecular formula is C14H13BrO3. The van der Waals surface area contributed by atoms with Crippen molar-refractivity contribution in [3.63, 3.8) is 0 Å². The molecule has 2 aromatic rings. The highest BCUT2D eigenvalue weighted by molar-refractivity contribution is 9.10. The Morgan fingerprint density at radius 1 is 0.833 bits per heavy atom. The number of ether oxygens (including phenoxy) is 3. The topological polar surface area (TPSA) is 27.7 Å². The van der Waals surface area contributed by atoms with Crippen molar-refractivity contribution in [1.82, 2.24) is 0 Å². The van der Waals surface area contributed by atoms with Crippen LogP contribution in [0.25, 0.3) is 0 Å². The van der Waals surface area contributed by atoms with Crippen LogP contribution < -0.4 is 14.2 Å². The third-order valence-corrected chi connectivity index (χ3v) is 3.06. The van der Waals surface area contributed by atoms with E-state index in [9.17, 15) is 0 Å². The summed E-state index contributed by atoms with van der Waals surface area (Å²) in [6.07, 6.45) is 0. The molecule has 0 radical (unpaired) electrons. The minimum Gasteiger partial charge on any atom is -0.497 e. The average Bonchev–Trinajstić information content (AvgIpc) is 2.41. The van der Waals surface area contributed by atoms with Gasteiger partial charge in [-0.15, -0.1) is 0 Å². The van der Waals surface area contributed by atoms with Gasteiger partial charge in [-0.3, -0.25) is 0 Å². The van der Waals surface area contributed by atoms with Crippen LogP contribution in [0.4, 0.5) is 0 Å². The molecule has 4 heteroatoms. The Bertz CT molecular complexity index is 540. The second-order valence-corrected chi connectivity index (χ2v) is 4.43. The highest BCUT2D eigenvalue weighted by Gasteiger charge is 2.05. The Morgan fingerprint density at radius 2 is 1.50 bits per heavy atom. The summed E-state index contributed by atoms with van der Waals surface area (Å²) in [6.45, 7) is 0. The summed E-state index contributed by atoms with van der Waals surface area (Å²) in [5.74, 6) is 2.91. The Kier molecular flexibility index (Phi) is 4.10. The lowest BCUT2D eigenvalue weighted by atomic mass is 10.3. The largest absolute Gasteiger partial charge is 0.497 e. The van der Waals surface area contributed by atoms with E-state index in [2.05, 4.69) is 15.9 Å². The van der Waals surface area contributed by atoms with Crippen LogP contribution in [0.15, 0.2) is 46.9 Å². The van der Waals surface area contributed by atoms with Crippen LogP contribution in [0.5, 0.6) is 23.0 Å². The summed E-state index contributed by atoms with van der Waals surface area (Å²) in [4.78, 5) is 0. The van der Waals surface area contributed by atoms with E-state index in [0.29, 0.717) is 11.5 Å². The zero-order valence-electron chi connectivity index (χ0n) is 10.1. The molecule has 0 aliphatic carbocycles. The maximum Gasteiger partial charge on any atom is 0.145 e. The van der Waals surface area contributed by atoms with Crippen LogP contribution in [0.2, 0.25) is 0 Å². The molecule has 0 fully saturated rings. The average molecular weight is 309 g/mol. The van der Waals surface area contributed by atoms with Gasteiger partial charge in [0.05, 0.1) is 18.7 Å². The Morgan fingerprint density at radius 3 is 2.22 bits per heavy atom. The van der Waals surface area contributed by atoms with Gasteiger partial charge in [0.15, 0.2) is 0 Å². The monoisotopic (exact) mass is 308 g/mol. The lowest BCUT2D eigenvalue weighted by Crippen LogP contribution is -1.89. The van der Waals surface area contributed by atoms with Crippen molar-refractivity contribution in [2.24, 2.45) is 0 Å². The van der Waals surface area contributed by atoms with Gasteiger partial charge in [-0.2, -0.15) is 0 Å². The minimum atomic E-state index is 0.697. The maximum atomic E-state index is 5.79. The molecule has 0 saturated carbocycles. The number of hydrogen-bond acceptors (Lipinski definition) is 3. The highest BCUT2D eigenvalue weighted by Crippen LogP contribution is 2.33. The lowest BCUT2D eigenvalue weighted by molar-refractivity contribution is 0.403. The first-order valence-corrected chi connectivity index (χ1v) is 6.17. The number of rotatable bonds is 4. The molecule has 0 atom stereocenters. The summed E-state index contributed by atoms with van der Waals surface area (Å²) in [7, 11) is 3.25. The lowest BCUT2D eigenvalue weighted by Gasteiger charge is -2.10. The van der Waals surface area contributed by atoms with E-state index < -0.39 is 0 Å². The van der Waals surface area contributed by atoms with Crippen molar-refractivity contribution in [3.8, 4) is 23.0 Å². The van der Waals surface area contributed by atoms with Crippen molar-refractivity contribution in [3.05, 3.63) is 46.9 Å². The quantitative estimate of drug-likeness (QED) is 0.844. The molecule has 0 unspecified atom stereocenters. The van der Waals surface area contributed by atoms with Gasteiger partial charge in [0.25, 0.3) is 0 Å². The molecule has 0 spiro atoms. The summed E-state index contributed by atoms with van der Waals surface area (Å²) < 4.78 is 17.0. The van der Waals surface area contributed by atoms with Gasteiger partial charge in [-0.05, 0) is 40.2 Å². The third kappa shape index (κ3) is 2.96. The minimum absolute atomic E-state index is 0.697. The van der Waals surface area contributed by atoms with E-state index in [4.69, 9.17) is 14.2 Å². The van der Waals surface area contributed by atoms with E-state index in [1.54, 1.807) is 14.2 Å². The molecule has 0 aliphatic rings. The van der Waals surface area contributed by atoms with Crippen LogP contribution in [0.3, 0.4) is 0 Å². The van der Waals surface area contributed by atoms with E-state index in [1.807, 2.05) is 42.5 Å². The van der Waals surface area contributed by atoms with Crippen molar-refractivity contribution in [2.45, 2.75) is 0 Å². The van der Waals surface area contributed by atoms with Crippen molar-refractivity contribution >= 4 is 15.9 Å². The number of methoxy groups -OCH3 is 2. The molecule has 2 rings (SSSR count). The Balaban J connectivity index is 2.27. The van der Waals surface area contributed by atoms with E-state index in [1.165, 1.54) is 0 Å². The number of benzene rings is 2. The molecule has 18 heavy (non-hydrogen) atoms. The standard InChI is InChI=1S/C14H13BrO3/c1-16-10-4-3-5-12(8-10)18-14-9-11(17-2)6-7-13(14)15/h3-9H,1-2H3. The van der Waals surface area contributed by atoms with E-state index in [0.717, 1.165) is 16.0 Å². The maximum absolute atomic E-state index is 5.79. The Labute approximate surface area is 114 Å². The first-order chi connectivity index (χ1) is 8.72. The van der Waals surface area contributed by atoms with Gasteiger partial charge < -0.3 is 14.2 Å². The first kappa shape index (κ1) is 12.8. The summed E-state index contributed by atoms with van der Waals surface area (Å²) in [5.41, 5.74) is 0. The predicted molar refractivity (Wildman–Crippen MR) is 73.8 cm³/mol. The summed E-state index contributed by atoms with van der Waals surface area (Å²) >= 11 is 3.44. The normalized spacial score (nSPS) is 9.94. The molecule has 0 N–H and O–H groups in total. The number of hydrogen-bond donors (Lipinski definition) is 0. The molecule has 0 aliphatic heterocycles. The molecule has 2 aromatic carbocycles. The fourth-order valence-electron chi connectivity index (χ4n) is 1.48. The summed E-state index contributed by atoms with van der Waals surface area (Å²) in [6, 6.07) is 13.0. The van der Waals surface area contributed by atoms with Gasteiger partial charge in [-0.25, -0.2) is 0 Å². The first-order valence-electron chi connectivity index (χ1n) is 5.38. The van der Waals surface area contributed by atoms with E-state index >= 15 is 0 Å². The Hall–Kier alpha value is -1.68. The number of halogens is 1. The van der Waals surface area contributed by atoms with Gasteiger partial charge in [0, 0.05) is 12.1 Å². The second-order valence-electron chi connectivity index (χ2n) is 3.58. The molecule has 0 bridgehead atoms. The zero-order valence-corrected chi connectivity index (χ0v) is 11.7. The molecular weight excluding hydrogens is 296 g/mol. The SMILES string of the molecule is COc1cccc(Oc2cc(OC)ccc2Br)c1. The molecule has 94 valence electrons. The molecule has 3 nitrogen and oxygen atoms in total. The van der Waals surface area contributed by atoms with Crippen LogP contribution in [-0.2, 0) is 0 Å². The van der Waals surface area contributed by atoms with Crippen LogP contribution in [0, 0.1) is 0 Å². The highest BCUT2D eigenvalue weighted by atomic mass is 79.9. The fraction of sp³-hybridized carbons (Fsp3) is 0.143. The zero-order chi connectivity index (χ0) is 13.0. The third-order valence-electron chi connectivity index (χ3n) is 2.41. The van der Waals surface area contributed by atoms with Gasteiger partial charge in [-0.1, -0.05) is 6.07 Å². The summed E-state index contributed by atoms with van der Waals surface area (Å²) in [5, 5.41) is 0. The van der Waals surface area contributed by atoms with E-state index in [-0.39, 0.29) is 0 Å². The van der Waals surface area contributed by atoms with Gasteiger partial charge in [0.2, 0.25) is 0 Å². The molecule has 0 amide bonds. The van der Waals surface area contributed by atoms with Crippen LogP contribution in [0.1, 0.15) is 0 Å². The molecule has 0 heterocycles. The van der Waals surface area contributed by atoms with Gasteiger partial charge in [0.1, 0.15) is 23.0 Å². The molecule has 0 aromatic heterocycles. The van der Waals surface area contributed by atoms with Crippen LogP contribution in [-0.4, -0.2) is 14.2 Å². The van der Waals surface area contributed by atoms with Crippen molar-refractivity contribution in [2.75, 3.05) is 14.2 Å². The van der Waals surface area contributed by atoms with Gasteiger partial charge >= 0.3 is 0 Å².